The molecule has 0 aliphatic carbocycles. The Morgan fingerprint density at radius 2 is 1.94 bits per heavy atom. The zero-order valence-electron chi connectivity index (χ0n) is 17.1. The van der Waals surface area contributed by atoms with Crippen molar-refractivity contribution in [3.8, 4) is 11.5 Å². The first-order valence-corrected chi connectivity index (χ1v) is 11.4. The minimum atomic E-state index is -1.13. The van der Waals surface area contributed by atoms with Crippen molar-refractivity contribution in [1.82, 2.24) is 4.90 Å². The molecule has 2 aromatic rings. The Bertz CT molecular complexity index is 1150. The van der Waals surface area contributed by atoms with Crippen molar-refractivity contribution >= 4 is 63.2 Å². The predicted molar refractivity (Wildman–Crippen MR) is 128 cm³/mol. The van der Waals surface area contributed by atoms with Crippen molar-refractivity contribution in [2.75, 3.05) is 13.2 Å². The maximum absolute atomic E-state index is 12.8. The number of benzene rings is 2. The molecule has 2 aromatic carbocycles. The van der Waals surface area contributed by atoms with Gasteiger partial charge in [-0.25, -0.2) is 4.79 Å². The lowest BCUT2D eigenvalue weighted by Gasteiger charge is -2.14. The number of carboxylic acids is 1. The third kappa shape index (κ3) is 6.01. The Morgan fingerprint density at radius 3 is 2.55 bits per heavy atom. The quantitative estimate of drug-likeness (QED) is 0.198. The highest BCUT2D eigenvalue weighted by atomic mass is 127. The summed E-state index contributed by atoms with van der Waals surface area (Å²) in [7, 11) is 0. The van der Waals surface area contributed by atoms with E-state index in [2.05, 4.69) is 0 Å². The number of non-ortho nitro benzene ring substituents is 1. The number of nitro benzene ring substituents is 1. The predicted octanol–water partition coefficient (Wildman–Crippen LogP) is 4.30. The Kier molecular flexibility index (Phi) is 7.92. The first-order valence-electron chi connectivity index (χ1n) is 9.49. The number of imide groups is 1. The first kappa shape index (κ1) is 24.5. The van der Waals surface area contributed by atoms with Gasteiger partial charge in [0, 0.05) is 12.1 Å². The van der Waals surface area contributed by atoms with Crippen LogP contribution in [0.5, 0.6) is 11.5 Å². The highest BCUT2D eigenvalue weighted by Gasteiger charge is 2.35. The number of carboxylic acid groups (broad SMARTS) is 1. The summed E-state index contributed by atoms with van der Waals surface area (Å²) in [6.45, 7) is 1.54. The number of nitrogens with zero attached hydrogens (tertiary/aromatic N) is 2. The third-order valence-corrected chi connectivity index (χ3v) is 6.04. The van der Waals surface area contributed by atoms with Gasteiger partial charge in [-0.05, 0) is 70.6 Å². The third-order valence-electron chi connectivity index (χ3n) is 4.33. The van der Waals surface area contributed by atoms with Crippen molar-refractivity contribution in [2.24, 2.45) is 0 Å². The van der Waals surface area contributed by atoms with E-state index >= 15 is 0 Å². The number of carbonyl (C=O) groups excluding carboxylic acids is 2. The lowest BCUT2D eigenvalue weighted by molar-refractivity contribution is -0.384. The zero-order valence-corrected chi connectivity index (χ0v) is 20.1. The Labute approximate surface area is 205 Å². The second-order valence-corrected chi connectivity index (χ2v) is 8.79. The number of hydrogen-bond acceptors (Lipinski definition) is 8. The number of amides is 2. The smallest absolute Gasteiger partial charge is 0.341 e. The largest absolute Gasteiger partial charge is 0.490 e. The van der Waals surface area contributed by atoms with Crippen LogP contribution in [0.25, 0.3) is 6.08 Å². The van der Waals surface area contributed by atoms with E-state index < -0.39 is 28.6 Å². The van der Waals surface area contributed by atoms with Gasteiger partial charge in [-0.1, -0.05) is 12.1 Å². The number of rotatable bonds is 9. The average molecular weight is 584 g/mol. The molecule has 1 aliphatic rings. The van der Waals surface area contributed by atoms with Gasteiger partial charge >= 0.3 is 5.97 Å². The Balaban J connectivity index is 1.83. The summed E-state index contributed by atoms with van der Waals surface area (Å²) in [4.78, 5) is 47.6. The summed E-state index contributed by atoms with van der Waals surface area (Å²) in [5.74, 6) is -1.01. The van der Waals surface area contributed by atoms with Gasteiger partial charge in [0.2, 0.25) is 0 Å². The maximum Gasteiger partial charge on any atom is 0.341 e. The van der Waals surface area contributed by atoms with Gasteiger partial charge in [0.15, 0.2) is 18.1 Å². The van der Waals surface area contributed by atoms with E-state index in [0.29, 0.717) is 27.1 Å². The van der Waals surface area contributed by atoms with Gasteiger partial charge in [-0.2, -0.15) is 0 Å². The number of hydrogen-bond donors (Lipinski definition) is 1. The summed E-state index contributed by atoms with van der Waals surface area (Å²) in [5, 5.41) is 19.2. The molecule has 0 atom stereocenters. The van der Waals surface area contributed by atoms with Crippen LogP contribution in [-0.2, 0) is 16.1 Å². The summed E-state index contributed by atoms with van der Waals surface area (Å²) < 4.78 is 11.5. The topological polar surface area (TPSA) is 136 Å². The van der Waals surface area contributed by atoms with Crippen molar-refractivity contribution in [2.45, 2.75) is 13.5 Å². The molecule has 0 saturated carbocycles. The minimum absolute atomic E-state index is 0.0102. The Hall–Kier alpha value is -3.13. The molecule has 1 N–H and O–H groups in total. The highest BCUT2D eigenvalue weighted by molar-refractivity contribution is 14.1. The van der Waals surface area contributed by atoms with Crippen LogP contribution in [0.4, 0.5) is 10.5 Å². The maximum atomic E-state index is 12.8. The van der Waals surface area contributed by atoms with Gasteiger partial charge in [0.1, 0.15) is 0 Å². The number of aliphatic carboxylic acids is 1. The van der Waals surface area contributed by atoms with Crippen LogP contribution < -0.4 is 9.47 Å². The van der Waals surface area contributed by atoms with Gasteiger partial charge in [0.25, 0.3) is 16.8 Å². The molecule has 10 nitrogen and oxygen atoms in total. The normalized spacial score (nSPS) is 14.6. The molecule has 2 amide bonds. The molecule has 33 heavy (non-hydrogen) atoms. The van der Waals surface area contributed by atoms with Gasteiger partial charge < -0.3 is 14.6 Å². The van der Waals surface area contributed by atoms with Gasteiger partial charge in [0.05, 0.1) is 26.6 Å². The summed E-state index contributed by atoms with van der Waals surface area (Å²) in [6.07, 6.45) is 1.55. The van der Waals surface area contributed by atoms with E-state index in [9.17, 15) is 24.5 Å². The molecular formula is C21H17IN2O8S. The van der Waals surface area contributed by atoms with Crippen LogP contribution in [0.3, 0.4) is 0 Å². The van der Waals surface area contributed by atoms with Gasteiger partial charge in [-0.3, -0.25) is 24.6 Å². The van der Waals surface area contributed by atoms with Crippen LogP contribution in [0.1, 0.15) is 18.1 Å². The SMILES string of the molecule is CCOc1cc(/C=C2\SC(=O)N(Cc3ccc([N+](=O)[O-])cc3)C2=O)cc(I)c1OCC(=O)O. The van der Waals surface area contributed by atoms with Crippen molar-refractivity contribution < 1.29 is 33.9 Å². The lowest BCUT2D eigenvalue weighted by atomic mass is 10.1. The number of halogens is 1. The first-order chi connectivity index (χ1) is 15.7. The fraction of sp³-hybridized carbons (Fsp3) is 0.190. The molecule has 3 rings (SSSR count). The molecule has 1 saturated heterocycles. The summed E-state index contributed by atoms with van der Waals surface area (Å²) >= 11 is 2.76. The van der Waals surface area contributed by atoms with Crippen molar-refractivity contribution in [3.63, 3.8) is 0 Å². The van der Waals surface area contributed by atoms with Crippen LogP contribution in [-0.4, -0.2) is 45.3 Å². The van der Waals surface area contributed by atoms with E-state index in [4.69, 9.17) is 14.6 Å². The highest BCUT2D eigenvalue weighted by Crippen LogP contribution is 2.38. The van der Waals surface area contributed by atoms with Crippen LogP contribution in [0, 0.1) is 13.7 Å². The van der Waals surface area contributed by atoms with E-state index in [1.165, 1.54) is 24.3 Å². The summed E-state index contributed by atoms with van der Waals surface area (Å²) in [5.41, 5.74) is 1.08. The number of ether oxygens (including phenoxy) is 2. The van der Waals surface area contributed by atoms with E-state index in [1.54, 1.807) is 25.1 Å². The van der Waals surface area contributed by atoms with Crippen LogP contribution >= 0.6 is 34.4 Å². The van der Waals surface area contributed by atoms with Crippen LogP contribution in [0.15, 0.2) is 41.3 Å². The number of carbonyl (C=O) groups is 3. The molecule has 0 bridgehead atoms. The molecule has 172 valence electrons. The van der Waals surface area contributed by atoms with Gasteiger partial charge in [-0.15, -0.1) is 0 Å². The second-order valence-electron chi connectivity index (χ2n) is 6.64. The number of thioether (sulfide) groups is 1. The van der Waals surface area contributed by atoms with E-state index in [0.717, 1.165) is 16.7 Å². The fourth-order valence-corrected chi connectivity index (χ4v) is 4.52. The lowest BCUT2D eigenvalue weighted by Crippen LogP contribution is -2.27. The van der Waals surface area contributed by atoms with Crippen molar-refractivity contribution in [3.05, 3.63) is 66.1 Å². The fourth-order valence-electron chi connectivity index (χ4n) is 2.90. The zero-order chi connectivity index (χ0) is 24.1. The second kappa shape index (κ2) is 10.7. The van der Waals surface area contributed by atoms with E-state index in [-0.39, 0.29) is 22.9 Å². The molecule has 0 unspecified atom stereocenters. The monoisotopic (exact) mass is 584 g/mol. The molecule has 1 fully saturated rings. The molecule has 1 heterocycles. The molecule has 0 radical (unpaired) electrons. The molecule has 0 spiro atoms. The van der Waals surface area contributed by atoms with Crippen molar-refractivity contribution in [1.29, 1.82) is 0 Å². The molecule has 0 aromatic heterocycles. The van der Waals surface area contributed by atoms with E-state index in [1.807, 2.05) is 22.6 Å². The standard InChI is InChI=1S/C21H17IN2O8S/c1-2-31-16-8-13(7-15(22)19(16)32-11-18(25)26)9-17-20(27)23(21(28)33-17)10-12-3-5-14(6-4-12)24(29)30/h3-9H,2,10-11H2,1H3,(H,25,26)/b17-9-. The summed E-state index contributed by atoms with van der Waals surface area (Å²) in [6, 6.07) is 8.91. The molecule has 1 aliphatic heterocycles. The number of nitro groups is 1. The molecule has 12 heteroatoms. The minimum Gasteiger partial charge on any atom is -0.490 e. The Morgan fingerprint density at radius 1 is 1.24 bits per heavy atom. The molecular weight excluding hydrogens is 567 g/mol. The average Bonchev–Trinajstić information content (AvgIpc) is 3.01. The van der Waals surface area contributed by atoms with Crippen LogP contribution in [0.2, 0.25) is 0 Å².